The number of carbonyl (C=O) groups excluding carboxylic acids is 1. The van der Waals surface area contributed by atoms with Crippen LogP contribution in [0.15, 0.2) is 16.2 Å². The van der Waals surface area contributed by atoms with Crippen molar-refractivity contribution in [2.75, 3.05) is 13.6 Å². The van der Waals surface area contributed by atoms with Gasteiger partial charge in [0.1, 0.15) is 10.5 Å². The summed E-state index contributed by atoms with van der Waals surface area (Å²) >= 11 is 1.35. The quantitative estimate of drug-likeness (QED) is 0.877. The fraction of sp³-hybridized carbons (Fsp3) is 0.462. The van der Waals surface area contributed by atoms with Crippen LogP contribution in [-0.4, -0.2) is 34.4 Å². The largest absolute Gasteiger partial charge is 0.338 e. The molecule has 108 valence electrons. The topological polar surface area (TPSA) is 92.1 Å². The molecule has 2 heterocycles. The third kappa shape index (κ3) is 2.73. The highest BCUT2D eigenvalue weighted by Crippen LogP contribution is 2.18. The molecule has 0 saturated carbocycles. The minimum absolute atomic E-state index is 0.0759. The lowest BCUT2D eigenvalue weighted by atomic mass is 9.92. The van der Waals surface area contributed by atoms with Gasteiger partial charge in [-0.05, 0) is 25.3 Å². The third-order valence-electron chi connectivity index (χ3n) is 3.19. The number of nitrogens with two attached hydrogens (primary N) is 1. The van der Waals surface area contributed by atoms with Gasteiger partial charge in [-0.3, -0.25) is 9.59 Å². The number of carbonyl (C=O) groups is 1. The Balaban J connectivity index is 2.24. The molecule has 0 aromatic carbocycles. The second-order valence-corrected chi connectivity index (χ2v) is 6.31. The maximum atomic E-state index is 12.2. The fourth-order valence-corrected chi connectivity index (χ4v) is 2.62. The van der Waals surface area contributed by atoms with Crippen molar-refractivity contribution < 1.29 is 4.79 Å². The molecule has 7 heteroatoms. The summed E-state index contributed by atoms with van der Waals surface area (Å²) in [6, 6.07) is 1.80. The molecule has 0 saturated heterocycles. The second-order valence-electron chi connectivity index (χ2n) is 5.40. The smallest absolute Gasteiger partial charge is 0.268 e. The summed E-state index contributed by atoms with van der Waals surface area (Å²) in [5, 5.41) is 1.82. The Morgan fingerprint density at radius 3 is 2.90 bits per heavy atom. The van der Waals surface area contributed by atoms with Crippen molar-refractivity contribution in [3.05, 3.63) is 27.6 Å². The number of hydrogen-bond acceptors (Lipinski definition) is 5. The first-order valence-corrected chi connectivity index (χ1v) is 7.15. The Kier molecular flexibility index (Phi) is 3.92. The zero-order valence-corrected chi connectivity index (χ0v) is 12.6. The molecule has 0 aliphatic carbocycles. The molecule has 0 radical (unpaired) electrons. The molecular weight excluding hydrogens is 276 g/mol. The summed E-state index contributed by atoms with van der Waals surface area (Å²) in [4.78, 5) is 32.7. The number of H-pyrrole nitrogens is 1. The molecule has 0 aliphatic rings. The van der Waals surface area contributed by atoms with Crippen molar-refractivity contribution in [3.8, 4) is 0 Å². The fourth-order valence-electron chi connectivity index (χ4n) is 1.90. The van der Waals surface area contributed by atoms with Gasteiger partial charge in [0.05, 0.1) is 17.5 Å². The van der Waals surface area contributed by atoms with E-state index >= 15 is 0 Å². The lowest BCUT2D eigenvalue weighted by molar-refractivity contribution is -0.139. The van der Waals surface area contributed by atoms with E-state index in [-0.39, 0.29) is 24.6 Å². The molecule has 2 rings (SSSR count). The Hall–Kier alpha value is -1.73. The van der Waals surface area contributed by atoms with Crippen molar-refractivity contribution >= 4 is 27.5 Å². The molecule has 0 atom stereocenters. The molecule has 2 aromatic rings. The van der Waals surface area contributed by atoms with Gasteiger partial charge in [-0.2, -0.15) is 0 Å². The zero-order valence-electron chi connectivity index (χ0n) is 11.8. The first kappa shape index (κ1) is 14.7. The lowest BCUT2D eigenvalue weighted by Crippen LogP contribution is -2.42. The third-order valence-corrected chi connectivity index (χ3v) is 4.09. The van der Waals surface area contributed by atoms with Crippen molar-refractivity contribution in [3.63, 3.8) is 0 Å². The maximum Gasteiger partial charge on any atom is 0.268 e. The number of nitrogens with one attached hydrogen (secondary N) is 1. The van der Waals surface area contributed by atoms with Gasteiger partial charge in [-0.15, -0.1) is 11.3 Å². The summed E-state index contributed by atoms with van der Waals surface area (Å²) in [6.45, 7) is 4.11. The van der Waals surface area contributed by atoms with Gasteiger partial charge in [-0.25, -0.2) is 4.98 Å². The van der Waals surface area contributed by atoms with Crippen molar-refractivity contribution in [2.45, 2.75) is 20.4 Å². The predicted octanol–water partition coefficient (Wildman–Crippen LogP) is 0.928. The molecule has 0 aliphatic heterocycles. The van der Waals surface area contributed by atoms with E-state index in [1.807, 2.05) is 5.38 Å². The van der Waals surface area contributed by atoms with Gasteiger partial charge in [0.15, 0.2) is 0 Å². The van der Waals surface area contributed by atoms with Crippen LogP contribution < -0.4 is 11.3 Å². The van der Waals surface area contributed by atoms with Crippen LogP contribution in [0.4, 0.5) is 0 Å². The zero-order chi connectivity index (χ0) is 14.9. The van der Waals surface area contributed by atoms with E-state index in [1.54, 1.807) is 27.0 Å². The summed E-state index contributed by atoms with van der Waals surface area (Å²) in [6.07, 6.45) is 0. The van der Waals surface area contributed by atoms with Gasteiger partial charge < -0.3 is 15.6 Å². The Morgan fingerprint density at radius 1 is 1.55 bits per heavy atom. The summed E-state index contributed by atoms with van der Waals surface area (Å²) in [5.74, 6) is 0.401. The normalized spacial score (nSPS) is 11.8. The number of aromatic amines is 1. The number of aromatic nitrogens is 2. The van der Waals surface area contributed by atoms with Gasteiger partial charge >= 0.3 is 0 Å². The molecule has 20 heavy (non-hydrogen) atoms. The average molecular weight is 294 g/mol. The van der Waals surface area contributed by atoms with Crippen LogP contribution >= 0.6 is 11.3 Å². The SMILES string of the molecule is CN(Cc1nc2ccsc2c(=O)[nH]1)C(=O)C(C)(C)CN. The molecule has 1 amide bonds. The standard InChI is InChI=1S/C13H18N4O2S/c1-13(2,7-14)12(19)17(3)6-9-15-8-4-5-20-10(8)11(18)16-9/h4-5H,6-7,14H2,1-3H3,(H,15,16,18). The molecular formula is C13H18N4O2S. The number of thiophene rings is 1. The molecule has 2 aromatic heterocycles. The average Bonchev–Trinajstić information content (AvgIpc) is 2.86. The van der Waals surface area contributed by atoms with Crippen LogP contribution in [0, 0.1) is 5.41 Å². The van der Waals surface area contributed by atoms with Gasteiger partial charge in [-0.1, -0.05) is 0 Å². The highest BCUT2D eigenvalue weighted by Gasteiger charge is 2.29. The van der Waals surface area contributed by atoms with E-state index in [0.29, 0.717) is 16.0 Å². The number of rotatable bonds is 4. The number of hydrogen-bond donors (Lipinski definition) is 2. The Bertz CT molecular complexity index is 689. The van der Waals surface area contributed by atoms with Crippen LogP contribution in [0.25, 0.3) is 10.2 Å². The van der Waals surface area contributed by atoms with E-state index in [9.17, 15) is 9.59 Å². The Morgan fingerprint density at radius 2 is 2.25 bits per heavy atom. The highest BCUT2D eigenvalue weighted by atomic mass is 32.1. The first-order valence-electron chi connectivity index (χ1n) is 6.27. The van der Waals surface area contributed by atoms with Gasteiger partial charge in [0.25, 0.3) is 5.56 Å². The van der Waals surface area contributed by atoms with Crippen LogP contribution in [0.5, 0.6) is 0 Å². The van der Waals surface area contributed by atoms with Crippen LogP contribution in [0.3, 0.4) is 0 Å². The lowest BCUT2D eigenvalue weighted by Gasteiger charge is -2.27. The number of nitrogens with zero attached hydrogens (tertiary/aromatic N) is 2. The number of fused-ring (bicyclic) bond motifs is 1. The summed E-state index contributed by atoms with van der Waals surface area (Å²) in [7, 11) is 1.68. The van der Waals surface area contributed by atoms with E-state index in [1.165, 1.54) is 16.2 Å². The predicted molar refractivity (Wildman–Crippen MR) is 79.6 cm³/mol. The minimum Gasteiger partial charge on any atom is -0.338 e. The van der Waals surface area contributed by atoms with Crippen LogP contribution in [-0.2, 0) is 11.3 Å². The van der Waals surface area contributed by atoms with Crippen LogP contribution in [0.2, 0.25) is 0 Å². The molecule has 3 N–H and O–H groups in total. The van der Waals surface area contributed by atoms with Crippen molar-refractivity contribution in [1.29, 1.82) is 0 Å². The van der Waals surface area contributed by atoms with E-state index in [2.05, 4.69) is 9.97 Å². The van der Waals surface area contributed by atoms with E-state index in [4.69, 9.17) is 5.73 Å². The molecule has 0 fully saturated rings. The first-order chi connectivity index (χ1) is 9.35. The van der Waals surface area contributed by atoms with Crippen molar-refractivity contribution in [1.82, 2.24) is 14.9 Å². The minimum atomic E-state index is -0.623. The van der Waals surface area contributed by atoms with E-state index < -0.39 is 5.41 Å². The molecule has 0 bridgehead atoms. The number of amides is 1. The van der Waals surface area contributed by atoms with E-state index in [0.717, 1.165) is 0 Å². The summed E-state index contributed by atoms with van der Waals surface area (Å²) in [5.41, 5.74) is 5.47. The highest BCUT2D eigenvalue weighted by molar-refractivity contribution is 7.17. The van der Waals surface area contributed by atoms with Gasteiger partial charge in [0, 0.05) is 13.6 Å². The van der Waals surface area contributed by atoms with Gasteiger partial charge in [0.2, 0.25) is 5.91 Å². The second kappa shape index (κ2) is 5.34. The van der Waals surface area contributed by atoms with Crippen LogP contribution in [0.1, 0.15) is 19.7 Å². The Labute approximate surface area is 120 Å². The summed E-state index contributed by atoms with van der Waals surface area (Å²) < 4.78 is 0.602. The molecule has 0 unspecified atom stereocenters. The maximum absolute atomic E-state index is 12.2. The monoisotopic (exact) mass is 294 g/mol. The molecule has 0 spiro atoms. The molecule has 6 nitrogen and oxygen atoms in total. The van der Waals surface area contributed by atoms with Crippen molar-refractivity contribution in [2.24, 2.45) is 11.1 Å².